The van der Waals surface area contributed by atoms with E-state index in [0.717, 1.165) is 6.42 Å². The van der Waals surface area contributed by atoms with Gasteiger partial charge in [-0.15, -0.1) is 5.10 Å². The number of hydrogen-bond acceptors (Lipinski definition) is 5. The summed E-state index contributed by atoms with van der Waals surface area (Å²) in [7, 11) is 0. The fourth-order valence-electron chi connectivity index (χ4n) is 1.40. The molecule has 0 spiro atoms. The maximum atomic E-state index is 5.36. The predicted octanol–water partition coefficient (Wildman–Crippen LogP) is 0.544. The molecule has 0 radical (unpaired) electrons. The first-order chi connectivity index (χ1) is 5.75. The van der Waals surface area contributed by atoms with Gasteiger partial charge in [-0.05, 0) is 13.3 Å². The molecule has 0 aromatic carbocycles. The van der Waals surface area contributed by atoms with Gasteiger partial charge in [0.15, 0.2) is 0 Å². The maximum absolute atomic E-state index is 5.36. The Labute approximate surface area is 69.9 Å². The molecule has 1 aromatic rings. The summed E-state index contributed by atoms with van der Waals surface area (Å²) in [5.74, 6) is 0.821. The van der Waals surface area contributed by atoms with Gasteiger partial charge in [-0.25, -0.2) is 0 Å². The van der Waals surface area contributed by atoms with E-state index in [1.165, 1.54) is 0 Å². The molecule has 1 fully saturated rings. The zero-order chi connectivity index (χ0) is 8.55. The van der Waals surface area contributed by atoms with Gasteiger partial charge in [-0.3, -0.25) is 0 Å². The molecule has 1 saturated heterocycles. The first kappa shape index (κ1) is 7.54. The number of nitrogen functional groups attached to an aromatic ring is 1. The van der Waals surface area contributed by atoms with Crippen molar-refractivity contribution in [3.8, 4) is 0 Å². The third kappa shape index (κ3) is 1.27. The molecule has 2 atom stereocenters. The van der Waals surface area contributed by atoms with Crippen LogP contribution in [-0.2, 0) is 4.74 Å². The van der Waals surface area contributed by atoms with Crippen molar-refractivity contribution in [2.24, 2.45) is 0 Å². The minimum Gasteiger partial charge on any atom is -0.408 e. The van der Waals surface area contributed by atoms with E-state index in [9.17, 15) is 0 Å². The topological polar surface area (TPSA) is 74.2 Å². The molecule has 66 valence electrons. The minimum atomic E-state index is 0.129. The van der Waals surface area contributed by atoms with Crippen molar-refractivity contribution in [2.75, 3.05) is 12.3 Å². The molecule has 5 heteroatoms. The van der Waals surface area contributed by atoms with Crippen LogP contribution in [0.15, 0.2) is 4.42 Å². The molecule has 0 saturated carbocycles. The van der Waals surface area contributed by atoms with E-state index in [2.05, 4.69) is 10.2 Å². The summed E-state index contributed by atoms with van der Waals surface area (Å²) in [6, 6.07) is 0.129. The van der Waals surface area contributed by atoms with Gasteiger partial charge in [0, 0.05) is 0 Å². The maximum Gasteiger partial charge on any atom is 0.312 e. The van der Waals surface area contributed by atoms with Gasteiger partial charge >= 0.3 is 6.01 Å². The summed E-state index contributed by atoms with van der Waals surface area (Å²) in [6.45, 7) is 2.68. The van der Waals surface area contributed by atoms with Gasteiger partial charge in [0.2, 0.25) is 5.89 Å². The van der Waals surface area contributed by atoms with Crippen LogP contribution >= 0.6 is 0 Å². The third-order valence-electron chi connectivity index (χ3n) is 2.00. The number of hydrogen-bond donors (Lipinski definition) is 1. The smallest absolute Gasteiger partial charge is 0.312 e. The van der Waals surface area contributed by atoms with Crippen LogP contribution in [0, 0.1) is 0 Å². The highest BCUT2D eigenvalue weighted by Gasteiger charge is 2.27. The normalized spacial score (nSPS) is 29.4. The number of anilines is 1. The monoisotopic (exact) mass is 169 g/mol. The number of ether oxygens (including phenoxy) is 1. The second kappa shape index (κ2) is 2.75. The van der Waals surface area contributed by atoms with Crippen LogP contribution < -0.4 is 5.73 Å². The molecule has 0 bridgehead atoms. The fourth-order valence-corrected chi connectivity index (χ4v) is 1.40. The van der Waals surface area contributed by atoms with Gasteiger partial charge in [-0.1, -0.05) is 5.10 Å². The largest absolute Gasteiger partial charge is 0.408 e. The number of nitrogens with zero attached hydrogens (tertiary/aromatic N) is 2. The highest BCUT2D eigenvalue weighted by molar-refractivity contribution is 5.07. The van der Waals surface area contributed by atoms with Crippen molar-refractivity contribution in [1.82, 2.24) is 10.2 Å². The van der Waals surface area contributed by atoms with Crippen molar-refractivity contribution < 1.29 is 9.15 Å². The van der Waals surface area contributed by atoms with Crippen LogP contribution in [0.1, 0.15) is 25.2 Å². The molecule has 0 amide bonds. The number of aromatic nitrogens is 2. The first-order valence-electron chi connectivity index (χ1n) is 3.96. The highest BCUT2D eigenvalue weighted by Crippen LogP contribution is 2.28. The Bertz CT molecular complexity index is 273. The van der Waals surface area contributed by atoms with Crippen molar-refractivity contribution in [3.05, 3.63) is 5.89 Å². The SMILES string of the molecule is CC1CC(c2nnc(N)o2)CO1. The van der Waals surface area contributed by atoms with E-state index in [1.807, 2.05) is 6.92 Å². The van der Waals surface area contributed by atoms with Crippen LogP contribution in [-0.4, -0.2) is 22.9 Å². The molecule has 12 heavy (non-hydrogen) atoms. The lowest BCUT2D eigenvalue weighted by atomic mass is 10.1. The average molecular weight is 169 g/mol. The Morgan fingerprint density at radius 2 is 2.33 bits per heavy atom. The molecular weight excluding hydrogens is 158 g/mol. The Balaban J connectivity index is 2.11. The van der Waals surface area contributed by atoms with Crippen LogP contribution in [0.25, 0.3) is 0 Å². The molecule has 2 unspecified atom stereocenters. The first-order valence-corrected chi connectivity index (χ1v) is 3.96. The van der Waals surface area contributed by atoms with Crippen LogP contribution in [0.4, 0.5) is 6.01 Å². The second-order valence-corrected chi connectivity index (χ2v) is 3.06. The zero-order valence-electron chi connectivity index (χ0n) is 6.86. The minimum absolute atomic E-state index is 0.129. The van der Waals surface area contributed by atoms with Crippen molar-refractivity contribution in [1.29, 1.82) is 0 Å². The molecule has 1 aromatic heterocycles. The number of nitrogens with two attached hydrogens (primary N) is 1. The second-order valence-electron chi connectivity index (χ2n) is 3.06. The molecule has 0 aliphatic carbocycles. The van der Waals surface area contributed by atoms with Gasteiger partial charge in [0.05, 0.1) is 18.6 Å². The van der Waals surface area contributed by atoms with Gasteiger partial charge in [-0.2, -0.15) is 0 Å². The van der Waals surface area contributed by atoms with E-state index in [4.69, 9.17) is 14.9 Å². The molecule has 2 N–H and O–H groups in total. The van der Waals surface area contributed by atoms with Crippen LogP contribution in [0.5, 0.6) is 0 Å². The summed E-state index contributed by atoms with van der Waals surface area (Å²) >= 11 is 0. The lowest BCUT2D eigenvalue weighted by Crippen LogP contribution is -1.98. The van der Waals surface area contributed by atoms with Crippen LogP contribution in [0.2, 0.25) is 0 Å². The Kier molecular flexibility index (Phi) is 1.73. The van der Waals surface area contributed by atoms with E-state index in [-0.39, 0.29) is 18.0 Å². The van der Waals surface area contributed by atoms with Crippen molar-refractivity contribution >= 4 is 6.01 Å². The van der Waals surface area contributed by atoms with Crippen molar-refractivity contribution in [3.63, 3.8) is 0 Å². The molecule has 1 aliphatic rings. The third-order valence-corrected chi connectivity index (χ3v) is 2.00. The van der Waals surface area contributed by atoms with Gasteiger partial charge in [0.1, 0.15) is 0 Å². The standard InChI is InChI=1S/C7H11N3O2/c1-4-2-5(3-11-4)6-9-10-7(8)12-6/h4-5H,2-3H2,1H3,(H2,8,10). The highest BCUT2D eigenvalue weighted by atomic mass is 16.5. The summed E-state index contributed by atoms with van der Waals surface area (Å²) in [4.78, 5) is 0. The molecule has 5 nitrogen and oxygen atoms in total. The Morgan fingerprint density at radius 1 is 1.50 bits per heavy atom. The van der Waals surface area contributed by atoms with Gasteiger partial charge in [0.25, 0.3) is 0 Å². The van der Waals surface area contributed by atoms with E-state index in [0.29, 0.717) is 12.5 Å². The van der Waals surface area contributed by atoms with E-state index >= 15 is 0 Å². The molecule has 1 aliphatic heterocycles. The molecular formula is C7H11N3O2. The van der Waals surface area contributed by atoms with Crippen LogP contribution in [0.3, 0.4) is 0 Å². The summed E-state index contributed by atoms with van der Waals surface area (Å²) in [5, 5.41) is 7.40. The lowest BCUT2D eigenvalue weighted by Gasteiger charge is -1.98. The Morgan fingerprint density at radius 3 is 2.83 bits per heavy atom. The fraction of sp³-hybridized carbons (Fsp3) is 0.714. The van der Waals surface area contributed by atoms with Gasteiger partial charge < -0.3 is 14.9 Å². The van der Waals surface area contributed by atoms with Crippen molar-refractivity contribution in [2.45, 2.75) is 25.4 Å². The summed E-state index contributed by atoms with van der Waals surface area (Å²) < 4.78 is 10.5. The summed E-state index contributed by atoms with van der Waals surface area (Å²) in [6.07, 6.45) is 1.21. The lowest BCUT2D eigenvalue weighted by molar-refractivity contribution is 0.122. The quantitative estimate of drug-likeness (QED) is 0.664. The molecule has 2 heterocycles. The number of rotatable bonds is 1. The average Bonchev–Trinajstić information content (AvgIpc) is 2.58. The predicted molar refractivity (Wildman–Crippen MR) is 41.5 cm³/mol. The van der Waals surface area contributed by atoms with E-state index < -0.39 is 0 Å². The Hall–Kier alpha value is -1.10. The molecule has 2 rings (SSSR count). The summed E-state index contributed by atoms with van der Waals surface area (Å²) in [5.41, 5.74) is 5.30. The zero-order valence-corrected chi connectivity index (χ0v) is 6.86. The van der Waals surface area contributed by atoms with E-state index in [1.54, 1.807) is 0 Å².